The lowest BCUT2D eigenvalue weighted by atomic mass is 10.0. The fourth-order valence-corrected chi connectivity index (χ4v) is 1.72. The van der Waals surface area contributed by atoms with Crippen LogP contribution < -0.4 is 5.32 Å². The Labute approximate surface area is 98.4 Å². The van der Waals surface area contributed by atoms with Crippen molar-refractivity contribution < 1.29 is 23.5 Å². The van der Waals surface area contributed by atoms with Gasteiger partial charge in [0.15, 0.2) is 0 Å². The van der Waals surface area contributed by atoms with Crippen molar-refractivity contribution in [3.8, 4) is 0 Å². The van der Waals surface area contributed by atoms with Crippen LogP contribution in [0.25, 0.3) is 0 Å². The number of hydrogen-bond acceptors (Lipinski definition) is 2. The van der Waals surface area contributed by atoms with Gasteiger partial charge in [-0.05, 0) is 13.3 Å². The molecule has 0 radical (unpaired) electrons. The van der Waals surface area contributed by atoms with Crippen molar-refractivity contribution in [2.24, 2.45) is 11.3 Å². The van der Waals surface area contributed by atoms with Crippen molar-refractivity contribution in [3.63, 3.8) is 0 Å². The van der Waals surface area contributed by atoms with Gasteiger partial charge in [0.1, 0.15) is 5.41 Å². The molecule has 1 aliphatic rings. The highest BCUT2D eigenvalue weighted by molar-refractivity contribution is 5.87. The van der Waals surface area contributed by atoms with Crippen LogP contribution in [0.3, 0.4) is 0 Å². The zero-order valence-corrected chi connectivity index (χ0v) is 9.93. The molecule has 2 atom stereocenters. The lowest BCUT2D eigenvalue weighted by molar-refractivity contribution is -0.142. The molecule has 1 amide bonds. The average Bonchev–Trinajstić information content (AvgIpc) is 2.73. The van der Waals surface area contributed by atoms with Gasteiger partial charge in [-0.2, -0.15) is 0 Å². The lowest BCUT2D eigenvalue weighted by Gasteiger charge is -2.15. The van der Waals surface area contributed by atoms with Gasteiger partial charge in [-0.15, -0.1) is 0 Å². The summed E-state index contributed by atoms with van der Waals surface area (Å²) < 4.78 is 25.8. The smallest absolute Gasteiger partial charge is 0.308 e. The number of halogens is 2. The standard InChI is InChI=1S/C11H17F2NO3/c1-3-4-7(8(15)16)5-14-9(17)10(2)6-11(10,12)13/h7H,3-6H2,1-2H3,(H,14,17)(H,15,16)/t7-,10+/m0/s1. The highest BCUT2D eigenvalue weighted by atomic mass is 19.3. The summed E-state index contributed by atoms with van der Waals surface area (Å²) in [5.74, 6) is -5.44. The van der Waals surface area contributed by atoms with E-state index in [1.807, 2.05) is 6.92 Å². The van der Waals surface area contributed by atoms with Crippen molar-refractivity contribution in [1.82, 2.24) is 5.32 Å². The molecule has 0 aromatic carbocycles. The van der Waals surface area contributed by atoms with E-state index in [1.54, 1.807) is 0 Å². The first-order chi connectivity index (χ1) is 7.74. The average molecular weight is 249 g/mol. The molecule has 0 spiro atoms. The van der Waals surface area contributed by atoms with Crippen molar-refractivity contribution >= 4 is 11.9 Å². The predicted molar refractivity (Wildman–Crippen MR) is 56.7 cm³/mol. The Balaban J connectivity index is 2.45. The summed E-state index contributed by atoms with van der Waals surface area (Å²) in [6, 6.07) is 0. The van der Waals surface area contributed by atoms with E-state index in [0.717, 1.165) is 0 Å². The van der Waals surface area contributed by atoms with Crippen molar-refractivity contribution in [2.45, 2.75) is 39.0 Å². The highest BCUT2D eigenvalue weighted by Gasteiger charge is 2.72. The zero-order chi connectivity index (χ0) is 13.3. The SMILES string of the molecule is CCC[C@@H](CNC(=O)[C@@]1(C)CC1(F)F)C(=O)O. The molecule has 0 aromatic heterocycles. The summed E-state index contributed by atoms with van der Waals surface area (Å²) in [7, 11) is 0. The first-order valence-corrected chi connectivity index (χ1v) is 5.63. The molecule has 2 N–H and O–H groups in total. The van der Waals surface area contributed by atoms with Crippen LogP contribution >= 0.6 is 0 Å². The third kappa shape index (κ3) is 2.73. The Morgan fingerprint density at radius 3 is 2.35 bits per heavy atom. The van der Waals surface area contributed by atoms with Crippen molar-refractivity contribution in [2.75, 3.05) is 6.54 Å². The Morgan fingerprint density at radius 2 is 2.00 bits per heavy atom. The molecule has 1 fully saturated rings. The molecule has 0 aliphatic heterocycles. The van der Waals surface area contributed by atoms with Crippen LogP contribution in [-0.2, 0) is 9.59 Å². The largest absolute Gasteiger partial charge is 0.481 e. The molecule has 1 rings (SSSR count). The summed E-state index contributed by atoms with van der Waals surface area (Å²) in [5.41, 5.74) is -1.65. The Hall–Kier alpha value is -1.20. The molecule has 0 heterocycles. The van der Waals surface area contributed by atoms with Crippen molar-refractivity contribution in [1.29, 1.82) is 0 Å². The molecule has 17 heavy (non-hydrogen) atoms. The normalized spacial score (nSPS) is 27.3. The molecule has 0 saturated heterocycles. The molecule has 0 unspecified atom stereocenters. The maximum absolute atomic E-state index is 12.9. The number of hydrogen-bond donors (Lipinski definition) is 2. The van der Waals surface area contributed by atoms with E-state index in [-0.39, 0.29) is 6.54 Å². The second-order valence-electron chi connectivity index (χ2n) is 4.75. The van der Waals surface area contributed by atoms with Gasteiger partial charge >= 0.3 is 5.97 Å². The Kier molecular flexibility index (Phi) is 3.74. The lowest BCUT2D eigenvalue weighted by Crippen LogP contribution is -2.38. The van der Waals surface area contributed by atoms with Crippen LogP contribution in [0.4, 0.5) is 8.78 Å². The minimum Gasteiger partial charge on any atom is -0.481 e. The predicted octanol–water partition coefficient (Wildman–Crippen LogP) is 1.65. The van der Waals surface area contributed by atoms with Gasteiger partial charge < -0.3 is 10.4 Å². The van der Waals surface area contributed by atoms with E-state index >= 15 is 0 Å². The molecule has 98 valence electrons. The van der Waals surface area contributed by atoms with Crippen LogP contribution in [0, 0.1) is 11.3 Å². The molecule has 6 heteroatoms. The molecular weight excluding hydrogens is 232 g/mol. The highest BCUT2D eigenvalue weighted by Crippen LogP contribution is 2.60. The third-order valence-electron chi connectivity index (χ3n) is 3.25. The van der Waals surface area contributed by atoms with Crippen LogP contribution in [0.1, 0.15) is 33.1 Å². The fourth-order valence-electron chi connectivity index (χ4n) is 1.72. The number of nitrogens with one attached hydrogen (secondary N) is 1. The van der Waals surface area contributed by atoms with E-state index < -0.39 is 35.6 Å². The Bertz CT molecular complexity index is 333. The van der Waals surface area contributed by atoms with E-state index in [0.29, 0.717) is 12.8 Å². The summed E-state index contributed by atoms with van der Waals surface area (Å²) in [5, 5.41) is 11.1. The number of amides is 1. The van der Waals surface area contributed by atoms with E-state index in [9.17, 15) is 18.4 Å². The monoisotopic (exact) mass is 249 g/mol. The summed E-state index contributed by atoms with van der Waals surface area (Å²) >= 11 is 0. The third-order valence-corrected chi connectivity index (χ3v) is 3.25. The molecule has 0 aromatic rings. The van der Waals surface area contributed by atoms with E-state index in [2.05, 4.69) is 5.32 Å². The number of aliphatic carboxylic acids is 1. The molecule has 1 aliphatic carbocycles. The molecule has 1 saturated carbocycles. The maximum Gasteiger partial charge on any atom is 0.308 e. The van der Waals surface area contributed by atoms with Gasteiger partial charge in [-0.25, -0.2) is 8.78 Å². The summed E-state index contributed by atoms with van der Waals surface area (Å²) in [6.07, 6.45) is 0.625. The minimum atomic E-state index is -2.96. The number of carboxylic acid groups (broad SMARTS) is 1. The van der Waals surface area contributed by atoms with Crippen LogP contribution in [-0.4, -0.2) is 29.5 Å². The van der Waals surface area contributed by atoms with E-state index in [1.165, 1.54) is 6.92 Å². The second-order valence-corrected chi connectivity index (χ2v) is 4.75. The number of carbonyl (C=O) groups is 2. The van der Waals surface area contributed by atoms with Gasteiger partial charge in [-0.3, -0.25) is 9.59 Å². The first kappa shape index (κ1) is 13.9. The number of carboxylic acids is 1. The number of carbonyl (C=O) groups excluding carboxylic acids is 1. The number of rotatable bonds is 6. The van der Waals surface area contributed by atoms with Gasteiger partial charge in [0, 0.05) is 13.0 Å². The van der Waals surface area contributed by atoms with Gasteiger partial charge in [0.25, 0.3) is 5.92 Å². The minimum absolute atomic E-state index is 0.0896. The second kappa shape index (κ2) is 4.58. The molecule has 4 nitrogen and oxygen atoms in total. The summed E-state index contributed by atoms with van der Waals surface area (Å²) in [6.45, 7) is 2.93. The molecule has 0 bridgehead atoms. The van der Waals surface area contributed by atoms with Crippen LogP contribution in [0.5, 0.6) is 0 Å². The quantitative estimate of drug-likeness (QED) is 0.752. The van der Waals surface area contributed by atoms with Crippen molar-refractivity contribution in [3.05, 3.63) is 0 Å². The maximum atomic E-state index is 12.9. The molecular formula is C11H17F2NO3. The van der Waals surface area contributed by atoms with Gasteiger partial charge in [-0.1, -0.05) is 13.3 Å². The van der Waals surface area contributed by atoms with Crippen LogP contribution in [0.2, 0.25) is 0 Å². The fraction of sp³-hybridized carbons (Fsp3) is 0.818. The van der Waals surface area contributed by atoms with E-state index in [4.69, 9.17) is 5.11 Å². The van der Waals surface area contributed by atoms with Crippen LogP contribution in [0.15, 0.2) is 0 Å². The van der Waals surface area contributed by atoms with Gasteiger partial charge in [0.2, 0.25) is 5.91 Å². The Morgan fingerprint density at radius 1 is 1.47 bits per heavy atom. The summed E-state index contributed by atoms with van der Waals surface area (Å²) in [4.78, 5) is 22.3. The number of alkyl halides is 2. The zero-order valence-electron chi connectivity index (χ0n) is 9.93. The first-order valence-electron chi connectivity index (χ1n) is 5.63. The van der Waals surface area contributed by atoms with Gasteiger partial charge in [0.05, 0.1) is 5.92 Å². The topological polar surface area (TPSA) is 66.4 Å².